The minimum Gasteiger partial charge on any atom is -0.489 e. The predicted molar refractivity (Wildman–Crippen MR) is 158 cm³/mol. The number of nitrogens with one attached hydrogen (secondary N) is 2. The van der Waals surface area contributed by atoms with Gasteiger partial charge in [-0.3, -0.25) is 24.9 Å². The zero-order chi connectivity index (χ0) is 28.1. The number of aromatic nitrogens is 3. The Kier molecular flexibility index (Phi) is 8.28. The molecule has 0 radical (unpaired) electrons. The highest BCUT2D eigenvalue weighted by atomic mass is 127. The highest BCUT2D eigenvalue weighted by Crippen LogP contribution is 2.26. The number of hydrogen-bond donors (Lipinski definition) is 4. The largest absolute Gasteiger partial charge is 0.489 e. The van der Waals surface area contributed by atoms with Crippen LogP contribution in [0.25, 0.3) is 0 Å². The number of likely N-dealkylation sites (tertiary alicyclic amines) is 1. The van der Waals surface area contributed by atoms with Gasteiger partial charge in [0.05, 0.1) is 12.1 Å². The van der Waals surface area contributed by atoms with Gasteiger partial charge in [0.25, 0.3) is 5.91 Å². The predicted octanol–water partition coefficient (Wildman–Crippen LogP) is 1.90. The van der Waals surface area contributed by atoms with Crippen molar-refractivity contribution in [3.05, 3.63) is 69.3 Å². The monoisotopic (exact) mass is 655 g/mol. The second-order valence-corrected chi connectivity index (χ2v) is 10.8. The second-order valence-electron chi connectivity index (χ2n) is 9.83. The molecule has 0 unspecified atom stereocenters. The number of piperidine rings is 1. The fraction of sp³-hybridized carbons (Fsp3) is 0.333. The topological polar surface area (TPSA) is 174 Å². The number of aliphatic imine (C=N–C) groups is 1. The molecule has 6 N–H and O–H groups in total. The van der Waals surface area contributed by atoms with Gasteiger partial charge in [0.2, 0.25) is 5.91 Å². The zero-order valence-corrected chi connectivity index (χ0v) is 23.9. The molecule has 2 amide bonds. The summed E-state index contributed by atoms with van der Waals surface area (Å²) in [6, 6.07) is 11.7. The Morgan fingerprint density at radius 2 is 1.75 bits per heavy atom. The van der Waals surface area contributed by atoms with Crippen LogP contribution in [0.5, 0.6) is 5.75 Å². The van der Waals surface area contributed by atoms with Crippen LogP contribution >= 0.6 is 22.6 Å². The van der Waals surface area contributed by atoms with Crippen molar-refractivity contribution in [2.24, 2.45) is 4.99 Å². The molecule has 13 heteroatoms. The van der Waals surface area contributed by atoms with E-state index in [1.807, 2.05) is 63.9 Å². The van der Waals surface area contributed by atoms with E-state index in [-0.39, 0.29) is 28.8 Å². The molecule has 3 aromatic rings. The fourth-order valence-electron chi connectivity index (χ4n) is 4.68. The molecule has 0 atom stereocenters. The first-order valence-electron chi connectivity index (χ1n) is 12.9. The molecule has 2 aliphatic heterocycles. The van der Waals surface area contributed by atoms with Gasteiger partial charge in [-0.2, -0.15) is 0 Å². The van der Waals surface area contributed by atoms with Gasteiger partial charge in [0.1, 0.15) is 16.1 Å². The van der Waals surface area contributed by atoms with Crippen molar-refractivity contribution in [3.8, 4) is 5.75 Å². The number of hydrogen-bond acceptors (Lipinski definition) is 10. The van der Waals surface area contributed by atoms with Crippen LogP contribution in [0.2, 0.25) is 0 Å². The summed E-state index contributed by atoms with van der Waals surface area (Å²) in [5.41, 5.74) is 13.4. The third-order valence-electron chi connectivity index (χ3n) is 7.05. The van der Waals surface area contributed by atoms with Crippen LogP contribution in [0.15, 0.2) is 53.8 Å². The molecule has 2 aliphatic rings. The molecular formula is C27H30IN9O3. The maximum absolute atomic E-state index is 12.9. The van der Waals surface area contributed by atoms with E-state index in [4.69, 9.17) is 16.2 Å². The van der Waals surface area contributed by atoms with Crippen molar-refractivity contribution in [1.29, 1.82) is 0 Å². The number of amides is 2. The van der Waals surface area contributed by atoms with Crippen molar-refractivity contribution in [2.45, 2.75) is 37.8 Å². The summed E-state index contributed by atoms with van der Waals surface area (Å²) in [7, 11) is 0. The van der Waals surface area contributed by atoms with Gasteiger partial charge in [-0.05, 0) is 77.2 Å². The maximum Gasteiger partial charge on any atom is 0.280 e. The second kappa shape index (κ2) is 12.0. The van der Waals surface area contributed by atoms with Crippen LogP contribution in [0, 0.1) is 3.70 Å². The molecular weight excluding hydrogens is 625 g/mol. The minimum absolute atomic E-state index is 0.00316. The number of ether oxygens (including phenoxy) is 1. The lowest BCUT2D eigenvalue weighted by Crippen LogP contribution is -2.57. The number of benzene rings is 1. The van der Waals surface area contributed by atoms with Crippen LogP contribution in [0.3, 0.4) is 0 Å². The van der Waals surface area contributed by atoms with Gasteiger partial charge in [-0.25, -0.2) is 9.97 Å². The highest BCUT2D eigenvalue weighted by Gasteiger charge is 2.40. The van der Waals surface area contributed by atoms with E-state index >= 15 is 0 Å². The van der Waals surface area contributed by atoms with E-state index in [1.165, 1.54) is 0 Å². The van der Waals surface area contributed by atoms with E-state index in [0.717, 1.165) is 29.7 Å². The van der Waals surface area contributed by atoms with Crippen molar-refractivity contribution in [1.82, 2.24) is 30.5 Å². The number of halogens is 1. The van der Waals surface area contributed by atoms with Gasteiger partial charge < -0.3 is 26.4 Å². The van der Waals surface area contributed by atoms with Crippen molar-refractivity contribution < 1.29 is 14.3 Å². The molecule has 0 saturated carbocycles. The number of aryl methyl sites for hydroxylation is 1. The van der Waals surface area contributed by atoms with Crippen LogP contribution in [-0.4, -0.2) is 62.8 Å². The fourth-order valence-corrected chi connectivity index (χ4v) is 5.04. The summed E-state index contributed by atoms with van der Waals surface area (Å²) in [6.45, 7) is 2.24. The average Bonchev–Trinajstić information content (AvgIpc) is 3.35. The molecule has 1 spiro atoms. The first kappa shape index (κ1) is 27.6. The third-order valence-corrected chi connectivity index (χ3v) is 7.85. The van der Waals surface area contributed by atoms with Crippen LogP contribution < -0.4 is 26.8 Å². The lowest BCUT2D eigenvalue weighted by atomic mass is 9.88. The molecule has 2 aromatic heterocycles. The van der Waals surface area contributed by atoms with E-state index in [2.05, 4.69) is 30.6 Å². The third kappa shape index (κ3) is 6.58. The van der Waals surface area contributed by atoms with E-state index in [1.54, 1.807) is 12.4 Å². The molecule has 4 heterocycles. The summed E-state index contributed by atoms with van der Waals surface area (Å²) in [5.74, 6) is 0.910. The molecule has 0 aliphatic carbocycles. The lowest BCUT2D eigenvalue weighted by molar-refractivity contribution is -0.132. The SMILES string of the molecule is Nc1nc(N)c(C(=O)NC2=NCC3(CCN(C(=O)CCc4ccc(OCc5ccncc5)cc4)CC3)N2)nc1I. The number of carbonyl (C=O) groups excluding carboxylic acids is 2. The molecule has 1 aromatic carbocycles. The van der Waals surface area contributed by atoms with Crippen LogP contribution in [0.4, 0.5) is 11.6 Å². The average molecular weight is 656 g/mol. The first-order valence-corrected chi connectivity index (χ1v) is 14.0. The Balaban J connectivity index is 1.05. The van der Waals surface area contributed by atoms with Crippen LogP contribution in [-0.2, 0) is 17.8 Å². The first-order chi connectivity index (χ1) is 19.3. The zero-order valence-electron chi connectivity index (χ0n) is 21.8. The van der Waals surface area contributed by atoms with Crippen molar-refractivity contribution in [2.75, 3.05) is 31.1 Å². The van der Waals surface area contributed by atoms with Crippen molar-refractivity contribution >= 4 is 52.0 Å². The molecule has 12 nitrogen and oxygen atoms in total. The van der Waals surface area contributed by atoms with Gasteiger partial charge in [0.15, 0.2) is 23.3 Å². The van der Waals surface area contributed by atoms with Crippen LogP contribution in [0.1, 0.15) is 40.9 Å². The number of guanidine groups is 1. The Bertz CT molecular complexity index is 1410. The quantitative estimate of drug-likeness (QED) is 0.277. The van der Waals surface area contributed by atoms with Gasteiger partial charge in [0, 0.05) is 31.9 Å². The number of pyridine rings is 1. The van der Waals surface area contributed by atoms with Gasteiger partial charge >= 0.3 is 0 Å². The van der Waals surface area contributed by atoms with E-state index in [9.17, 15) is 9.59 Å². The summed E-state index contributed by atoms with van der Waals surface area (Å²) >= 11 is 1.90. The Hall–Kier alpha value is -4.01. The molecule has 5 rings (SSSR count). The summed E-state index contributed by atoms with van der Waals surface area (Å²) in [4.78, 5) is 44.1. The number of nitrogens with two attached hydrogens (primary N) is 2. The Morgan fingerprint density at radius 1 is 1.02 bits per heavy atom. The summed E-state index contributed by atoms with van der Waals surface area (Å²) in [5, 5.41) is 6.07. The van der Waals surface area contributed by atoms with Crippen molar-refractivity contribution in [3.63, 3.8) is 0 Å². The van der Waals surface area contributed by atoms with Gasteiger partial charge in [-0.15, -0.1) is 0 Å². The maximum atomic E-state index is 12.9. The summed E-state index contributed by atoms with van der Waals surface area (Å²) < 4.78 is 6.22. The van der Waals surface area contributed by atoms with E-state index in [0.29, 0.717) is 48.7 Å². The molecule has 0 bridgehead atoms. The number of carbonyl (C=O) groups is 2. The molecule has 1 fully saturated rings. The Labute approximate surface area is 245 Å². The molecule has 208 valence electrons. The summed E-state index contributed by atoms with van der Waals surface area (Å²) in [6.07, 6.45) is 6.05. The lowest BCUT2D eigenvalue weighted by Gasteiger charge is -2.39. The molecule has 40 heavy (non-hydrogen) atoms. The number of rotatable bonds is 7. The Morgan fingerprint density at radius 3 is 2.48 bits per heavy atom. The standard InChI is InChI=1S/C27H30IN9O3/c28-22-24(30)34-23(29)21(33-22)25(39)35-26-32-16-27(36-26)9-13-37(14-10-27)20(38)6-3-17-1-4-19(5-2-17)40-15-18-7-11-31-12-8-18/h1-2,4-5,7-8,11-12H,3,6,9-10,13-16H2,(H4,29,30,34)(H2,32,35,36,39). The van der Waals surface area contributed by atoms with E-state index < -0.39 is 5.91 Å². The number of nitrogens with zero attached hydrogens (tertiary/aromatic N) is 5. The number of anilines is 2. The minimum atomic E-state index is -0.507. The highest BCUT2D eigenvalue weighted by molar-refractivity contribution is 14.1. The molecule has 1 saturated heterocycles. The smallest absolute Gasteiger partial charge is 0.280 e. The normalized spacial score (nSPS) is 15.8. The van der Waals surface area contributed by atoms with Gasteiger partial charge in [-0.1, -0.05) is 12.1 Å². The number of nitrogen functional groups attached to an aromatic ring is 2.